The van der Waals surface area contributed by atoms with Crippen LogP contribution in [-0.4, -0.2) is 21.9 Å². The molecule has 1 aromatic carbocycles. The number of amides is 1. The van der Waals surface area contributed by atoms with E-state index in [1.165, 1.54) is 12.1 Å². The van der Waals surface area contributed by atoms with Crippen LogP contribution in [0.25, 0.3) is 0 Å². The number of anilines is 1. The number of carboxylic acid groups (broad SMARTS) is 1. The lowest BCUT2D eigenvalue weighted by Gasteiger charge is -2.17. The molecule has 0 saturated carbocycles. The smallest absolute Gasteiger partial charge is 0.335 e. The van der Waals surface area contributed by atoms with Gasteiger partial charge in [-0.25, -0.2) is 4.79 Å². The van der Waals surface area contributed by atoms with E-state index in [1.54, 1.807) is 0 Å². The molecule has 0 heterocycles. The Hall–Kier alpha value is -2.44. The fraction of sp³-hybridized carbons (Fsp3) is 0.385. The normalized spacial score (nSPS) is 10.9. The van der Waals surface area contributed by atoms with E-state index in [2.05, 4.69) is 5.32 Å². The highest BCUT2D eigenvalue weighted by atomic mass is 16.6. The lowest BCUT2D eigenvalue weighted by atomic mass is 9.92. The quantitative estimate of drug-likeness (QED) is 0.650. The second-order valence-corrected chi connectivity index (χ2v) is 5.58. The molecule has 0 aliphatic carbocycles. The number of carboxylic acids is 1. The van der Waals surface area contributed by atoms with Gasteiger partial charge >= 0.3 is 5.97 Å². The van der Waals surface area contributed by atoms with Crippen molar-refractivity contribution in [2.45, 2.75) is 27.2 Å². The predicted octanol–water partition coefficient (Wildman–Crippen LogP) is 2.67. The molecule has 1 aromatic rings. The number of hydrogen-bond donors (Lipinski definition) is 2. The second-order valence-electron chi connectivity index (χ2n) is 5.58. The van der Waals surface area contributed by atoms with Gasteiger partial charge < -0.3 is 10.4 Å². The highest BCUT2D eigenvalue weighted by Gasteiger charge is 2.21. The molecule has 0 spiro atoms. The minimum atomic E-state index is -1.26. The van der Waals surface area contributed by atoms with E-state index in [0.717, 1.165) is 6.07 Å². The third kappa shape index (κ3) is 4.34. The van der Waals surface area contributed by atoms with Gasteiger partial charge in [0, 0.05) is 12.5 Å². The van der Waals surface area contributed by atoms with Crippen molar-refractivity contribution in [3.63, 3.8) is 0 Å². The molecule has 1 rings (SSSR count). The first-order valence-corrected chi connectivity index (χ1v) is 5.92. The van der Waals surface area contributed by atoms with E-state index < -0.39 is 16.6 Å². The topological polar surface area (TPSA) is 110 Å². The Kier molecular flexibility index (Phi) is 4.44. The number of nitro benzene ring substituents is 1. The van der Waals surface area contributed by atoms with Gasteiger partial charge in [-0.1, -0.05) is 20.8 Å². The molecule has 108 valence electrons. The van der Waals surface area contributed by atoms with Crippen LogP contribution >= 0.6 is 0 Å². The molecule has 0 unspecified atom stereocenters. The molecule has 0 aliphatic rings. The van der Waals surface area contributed by atoms with Gasteiger partial charge in [-0.05, 0) is 17.5 Å². The summed E-state index contributed by atoms with van der Waals surface area (Å²) in [5.41, 5.74) is -0.896. The van der Waals surface area contributed by atoms with E-state index in [4.69, 9.17) is 5.11 Å². The molecule has 7 heteroatoms. The van der Waals surface area contributed by atoms with E-state index in [9.17, 15) is 19.7 Å². The average molecular weight is 280 g/mol. The fourth-order valence-corrected chi connectivity index (χ4v) is 1.60. The minimum absolute atomic E-state index is 0.00532. The Morgan fingerprint density at radius 1 is 1.35 bits per heavy atom. The number of aromatic carboxylic acids is 1. The van der Waals surface area contributed by atoms with Crippen LogP contribution in [0.3, 0.4) is 0 Å². The van der Waals surface area contributed by atoms with Gasteiger partial charge in [0.2, 0.25) is 5.91 Å². The van der Waals surface area contributed by atoms with Crippen molar-refractivity contribution in [1.82, 2.24) is 0 Å². The number of carbonyl (C=O) groups excluding carboxylic acids is 1. The number of carbonyl (C=O) groups is 2. The maximum atomic E-state index is 11.8. The summed E-state index contributed by atoms with van der Waals surface area (Å²) in [6, 6.07) is 3.36. The van der Waals surface area contributed by atoms with Crippen LogP contribution in [0.15, 0.2) is 18.2 Å². The first kappa shape index (κ1) is 15.6. The summed E-state index contributed by atoms with van der Waals surface area (Å²) in [4.78, 5) is 32.8. The average Bonchev–Trinajstić information content (AvgIpc) is 2.25. The molecule has 0 bridgehead atoms. The highest BCUT2D eigenvalue weighted by Crippen LogP contribution is 2.27. The Labute approximate surface area is 115 Å². The second kappa shape index (κ2) is 5.68. The number of nitro groups is 1. The number of nitrogens with one attached hydrogen (secondary N) is 1. The molecule has 20 heavy (non-hydrogen) atoms. The molecule has 0 aromatic heterocycles. The highest BCUT2D eigenvalue weighted by molar-refractivity contribution is 5.95. The van der Waals surface area contributed by atoms with Crippen molar-refractivity contribution in [1.29, 1.82) is 0 Å². The van der Waals surface area contributed by atoms with Crippen molar-refractivity contribution in [2.24, 2.45) is 5.41 Å². The summed E-state index contributed by atoms with van der Waals surface area (Å²) in [5, 5.41) is 22.2. The lowest BCUT2D eigenvalue weighted by molar-refractivity contribution is -0.384. The zero-order chi connectivity index (χ0) is 15.5. The first-order chi connectivity index (χ1) is 9.10. The zero-order valence-corrected chi connectivity index (χ0v) is 11.5. The van der Waals surface area contributed by atoms with Crippen molar-refractivity contribution in [3.8, 4) is 0 Å². The molecule has 0 saturated heterocycles. The molecule has 0 fully saturated rings. The van der Waals surface area contributed by atoms with Gasteiger partial charge in [-0.3, -0.25) is 14.9 Å². The van der Waals surface area contributed by atoms with Gasteiger partial charge in [0.05, 0.1) is 10.5 Å². The molecule has 1 amide bonds. The number of benzene rings is 1. The van der Waals surface area contributed by atoms with Crippen molar-refractivity contribution >= 4 is 23.3 Å². The largest absolute Gasteiger partial charge is 0.478 e. The van der Waals surface area contributed by atoms with E-state index in [-0.39, 0.29) is 29.0 Å². The van der Waals surface area contributed by atoms with Crippen LogP contribution in [-0.2, 0) is 4.79 Å². The fourth-order valence-electron chi connectivity index (χ4n) is 1.60. The van der Waals surface area contributed by atoms with E-state index in [1.807, 2.05) is 20.8 Å². The molecule has 0 atom stereocenters. The third-order valence-corrected chi connectivity index (χ3v) is 2.41. The van der Waals surface area contributed by atoms with Crippen LogP contribution in [0.4, 0.5) is 11.4 Å². The molecule has 2 N–H and O–H groups in total. The summed E-state index contributed by atoms with van der Waals surface area (Å²) in [6.45, 7) is 5.61. The summed E-state index contributed by atoms with van der Waals surface area (Å²) < 4.78 is 0. The number of rotatable bonds is 4. The van der Waals surface area contributed by atoms with Crippen LogP contribution < -0.4 is 5.32 Å². The summed E-state index contributed by atoms with van der Waals surface area (Å²) in [7, 11) is 0. The molecular weight excluding hydrogens is 264 g/mol. The van der Waals surface area contributed by atoms with Crippen molar-refractivity contribution < 1.29 is 19.6 Å². The predicted molar refractivity (Wildman–Crippen MR) is 72.8 cm³/mol. The SMILES string of the molecule is CC(C)(C)CC(=O)Nc1ccc(C(=O)O)cc1[N+](=O)[O-]. The van der Waals surface area contributed by atoms with Gasteiger partial charge in [0.25, 0.3) is 5.69 Å². The van der Waals surface area contributed by atoms with Crippen LogP contribution in [0.1, 0.15) is 37.6 Å². The van der Waals surface area contributed by atoms with Crippen molar-refractivity contribution in [3.05, 3.63) is 33.9 Å². The Balaban J connectivity index is 3.03. The molecular formula is C13H16N2O5. The maximum Gasteiger partial charge on any atom is 0.335 e. The third-order valence-electron chi connectivity index (χ3n) is 2.41. The molecule has 0 radical (unpaired) electrons. The zero-order valence-electron chi connectivity index (χ0n) is 11.5. The number of nitrogens with zero attached hydrogens (tertiary/aromatic N) is 1. The van der Waals surface area contributed by atoms with Gasteiger partial charge in [0.15, 0.2) is 0 Å². The van der Waals surface area contributed by atoms with Crippen LogP contribution in [0.5, 0.6) is 0 Å². The Morgan fingerprint density at radius 2 is 1.95 bits per heavy atom. The Morgan fingerprint density at radius 3 is 2.40 bits per heavy atom. The van der Waals surface area contributed by atoms with Crippen molar-refractivity contribution in [2.75, 3.05) is 5.32 Å². The number of hydrogen-bond acceptors (Lipinski definition) is 4. The lowest BCUT2D eigenvalue weighted by Crippen LogP contribution is -2.20. The van der Waals surface area contributed by atoms with Crippen LogP contribution in [0, 0.1) is 15.5 Å². The first-order valence-electron chi connectivity index (χ1n) is 5.92. The minimum Gasteiger partial charge on any atom is -0.478 e. The monoisotopic (exact) mass is 280 g/mol. The molecule has 7 nitrogen and oxygen atoms in total. The van der Waals surface area contributed by atoms with E-state index >= 15 is 0 Å². The van der Waals surface area contributed by atoms with Crippen LogP contribution in [0.2, 0.25) is 0 Å². The van der Waals surface area contributed by atoms with Gasteiger partial charge in [-0.2, -0.15) is 0 Å². The summed E-state index contributed by atoms with van der Waals surface area (Å²) in [6.07, 6.45) is 0.199. The molecule has 0 aliphatic heterocycles. The summed E-state index contributed by atoms with van der Waals surface area (Å²) in [5.74, 6) is -1.62. The van der Waals surface area contributed by atoms with E-state index in [0.29, 0.717) is 0 Å². The van der Waals surface area contributed by atoms with Gasteiger partial charge in [-0.15, -0.1) is 0 Å². The maximum absolute atomic E-state index is 11.8. The standard InChI is InChI=1S/C13H16N2O5/c1-13(2,3)7-11(16)14-9-5-4-8(12(17)18)6-10(9)15(19)20/h4-6H,7H2,1-3H3,(H,14,16)(H,17,18). The van der Waals surface area contributed by atoms with Gasteiger partial charge in [0.1, 0.15) is 5.69 Å². The summed E-state index contributed by atoms with van der Waals surface area (Å²) >= 11 is 0. The Bertz CT molecular complexity index is 560.